The van der Waals surface area contributed by atoms with Gasteiger partial charge in [-0.25, -0.2) is 0 Å². The van der Waals surface area contributed by atoms with Crippen LogP contribution in [0.2, 0.25) is 0 Å². The lowest BCUT2D eigenvalue weighted by Gasteiger charge is -2.01. The summed E-state index contributed by atoms with van der Waals surface area (Å²) in [5.41, 5.74) is 2.18. The fourth-order valence-electron chi connectivity index (χ4n) is 2.07. The molecule has 0 aliphatic rings. The standard InChI is InChI=1S/C17H15N3O3/c1-22-14-4-2-12(3-5-14)16-10-15(23-20-16)11-19-17(21)13-6-8-18-9-7-13/h2-10H,11H2,1H3,(H,19,21). The van der Waals surface area contributed by atoms with Crippen molar-refractivity contribution >= 4 is 5.91 Å². The van der Waals surface area contributed by atoms with E-state index in [0.29, 0.717) is 17.0 Å². The minimum atomic E-state index is -0.185. The first kappa shape index (κ1) is 14.8. The number of methoxy groups -OCH3 is 1. The van der Waals surface area contributed by atoms with E-state index in [4.69, 9.17) is 9.26 Å². The first-order valence-electron chi connectivity index (χ1n) is 7.04. The van der Waals surface area contributed by atoms with Crippen LogP contribution in [0, 0.1) is 0 Å². The van der Waals surface area contributed by atoms with E-state index in [0.717, 1.165) is 11.3 Å². The molecule has 116 valence electrons. The van der Waals surface area contributed by atoms with Crippen molar-refractivity contribution < 1.29 is 14.1 Å². The van der Waals surface area contributed by atoms with Crippen molar-refractivity contribution in [3.63, 3.8) is 0 Å². The number of nitrogens with one attached hydrogen (secondary N) is 1. The van der Waals surface area contributed by atoms with Gasteiger partial charge in [0.15, 0.2) is 5.76 Å². The smallest absolute Gasteiger partial charge is 0.251 e. The van der Waals surface area contributed by atoms with Gasteiger partial charge in [0.05, 0.1) is 13.7 Å². The average molecular weight is 309 g/mol. The Morgan fingerprint density at radius 2 is 1.91 bits per heavy atom. The molecule has 6 nitrogen and oxygen atoms in total. The number of pyridine rings is 1. The van der Waals surface area contributed by atoms with Gasteiger partial charge in [0.25, 0.3) is 5.91 Å². The van der Waals surface area contributed by atoms with Crippen molar-refractivity contribution in [1.29, 1.82) is 0 Å². The van der Waals surface area contributed by atoms with Crippen molar-refractivity contribution in [3.05, 3.63) is 66.2 Å². The second kappa shape index (κ2) is 6.74. The number of hydrogen-bond acceptors (Lipinski definition) is 5. The Hall–Kier alpha value is -3.15. The SMILES string of the molecule is COc1ccc(-c2cc(CNC(=O)c3ccncc3)on2)cc1. The van der Waals surface area contributed by atoms with E-state index in [1.807, 2.05) is 24.3 Å². The molecule has 0 spiro atoms. The summed E-state index contributed by atoms with van der Waals surface area (Å²) in [6.07, 6.45) is 3.15. The Balaban J connectivity index is 1.64. The van der Waals surface area contributed by atoms with Gasteiger partial charge >= 0.3 is 0 Å². The van der Waals surface area contributed by atoms with Gasteiger partial charge in [-0.15, -0.1) is 0 Å². The van der Waals surface area contributed by atoms with Crippen LogP contribution in [0.3, 0.4) is 0 Å². The number of hydrogen-bond donors (Lipinski definition) is 1. The molecule has 0 radical (unpaired) electrons. The molecule has 3 rings (SSSR count). The maximum absolute atomic E-state index is 12.0. The fraction of sp³-hybridized carbons (Fsp3) is 0.118. The summed E-state index contributed by atoms with van der Waals surface area (Å²) < 4.78 is 10.4. The molecule has 0 atom stereocenters. The summed E-state index contributed by atoms with van der Waals surface area (Å²) in [6.45, 7) is 0.268. The third kappa shape index (κ3) is 3.55. The molecule has 1 N–H and O–H groups in total. The van der Waals surface area contributed by atoms with Crippen molar-refractivity contribution in [2.24, 2.45) is 0 Å². The van der Waals surface area contributed by atoms with E-state index < -0.39 is 0 Å². The van der Waals surface area contributed by atoms with Crippen molar-refractivity contribution in [3.8, 4) is 17.0 Å². The Bertz CT molecular complexity index is 782. The normalized spacial score (nSPS) is 10.3. The number of rotatable bonds is 5. The van der Waals surface area contributed by atoms with E-state index in [1.165, 1.54) is 0 Å². The molecule has 0 bridgehead atoms. The van der Waals surface area contributed by atoms with Gasteiger partial charge in [-0.05, 0) is 36.4 Å². The van der Waals surface area contributed by atoms with Gasteiger partial charge in [-0.2, -0.15) is 0 Å². The van der Waals surface area contributed by atoms with Crippen LogP contribution >= 0.6 is 0 Å². The summed E-state index contributed by atoms with van der Waals surface area (Å²) in [7, 11) is 1.62. The molecular formula is C17H15N3O3. The second-order valence-corrected chi connectivity index (χ2v) is 4.83. The monoisotopic (exact) mass is 309 g/mol. The van der Waals surface area contributed by atoms with Gasteiger partial charge in [0.1, 0.15) is 11.4 Å². The first-order chi connectivity index (χ1) is 11.3. The number of nitrogens with zero attached hydrogens (tertiary/aromatic N) is 2. The lowest BCUT2D eigenvalue weighted by atomic mass is 10.1. The molecule has 0 saturated carbocycles. The molecule has 1 aromatic carbocycles. The topological polar surface area (TPSA) is 77.2 Å². The van der Waals surface area contributed by atoms with Crippen LogP contribution in [0.1, 0.15) is 16.1 Å². The van der Waals surface area contributed by atoms with Crippen LogP contribution < -0.4 is 10.1 Å². The second-order valence-electron chi connectivity index (χ2n) is 4.83. The van der Waals surface area contributed by atoms with Crippen LogP contribution in [0.4, 0.5) is 0 Å². The molecule has 1 amide bonds. The number of amides is 1. The highest BCUT2D eigenvalue weighted by molar-refractivity contribution is 5.93. The summed E-state index contributed by atoms with van der Waals surface area (Å²) in [6, 6.07) is 12.6. The first-order valence-corrected chi connectivity index (χ1v) is 7.04. The van der Waals surface area contributed by atoms with Gasteiger partial charge in [0, 0.05) is 29.6 Å². The maximum atomic E-state index is 12.0. The van der Waals surface area contributed by atoms with E-state index in [1.54, 1.807) is 37.7 Å². The van der Waals surface area contributed by atoms with Crippen LogP contribution in [0.25, 0.3) is 11.3 Å². The Morgan fingerprint density at radius 3 is 2.61 bits per heavy atom. The number of carbonyl (C=O) groups is 1. The van der Waals surface area contributed by atoms with Crippen molar-refractivity contribution in [2.75, 3.05) is 7.11 Å². The molecule has 6 heteroatoms. The molecule has 2 aromatic heterocycles. The van der Waals surface area contributed by atoms with Crippen LogP contribution in [-0.2, 0) is 6.54 Å². The molecule has 0 fully saturated rings. The van der Waals surface area contributed by atoms with Gasteiger partial charge in [-0.3, -0.25) is 9.78 Å². The van der Waals surface area contributed by atoms with Gasteiger partial charge in [-0.1, -0.05) is 5.16 Å². The van der Waals surface area contributed by atoms with Crippen LogP contribution in [0.15, 0.2) is 59.4 Å². The van der Waals surface area contributed by atoms with Crippen LogP contribution in [-0.4, -0.2) is 23.2 Å². The minimum Gasteiger partial charge on any atom is -0.497 e. The third-order valence-corrected chi connectivity index (χ3v) is 3.31. The zero-order valence-corrected chi connectivity index (χ0v) is 12.5. The minimum absolute atomic E-state index is 0.185. The highest BCUT2D eigenvalue weighted by Crippen LogP contribution is 2.22. The van der Waals surface area contributed by atoms with Crippen LogP contribution in [0.5, 0.6) is 5.75 Å². The van der Waals surface area contributed by atoms with Crippen molar-refractivity contribution in [2.45, 2.75) is 6.54 Å². The summed E-state index contributed by atoms with van der Waals surface area (Å²) in [4.78, 5) is 15.8. The molecule has 3 aromatic rings. The number of carbonyl (C=O) groups excluding carboxylic acids is 1. The van der Waals surface area contributed by atoms with Crippen molar-refractivity contribution in [1.82, 2.24) is 15.5 Å². The third-order valence-electron chi connectivity index (χ3n) is 3.31. The highest BCUT2D eigenvalue weighted by atomic mass is 16.5. The predicted molar refractivity (Wildman–Crippen MR) is 83.9 cm³/mol. The Morgan fingerprint density at radius 1 is 1.17 bits per heavy atom. The molecule has 0 unspecified atom stereocenters. The van der Waals surface area contributed by atoms with E-state index in [9.17, 15) is 4.79 Å². The van der Waals surface area contributed by atoms with Gasteiger partial charge < -0.3 is 14.6 Å². The molecule has 2 heterocycles. The predicted octanol–water partition coefficient (Wildman–Crippen LogP) is 2.68. The average Bonchev–Trinajstić information content (AvgIpc) is 3.09. The largest absolute Gasteiger partial charge is 0.497 e. The molecule has 0 aliphatic carbocycles. The molecular weight excluding hydrogens is 294 g/mol. The maximum Gasteiger partial charge on any atom is 0.251 e. The summed E-state index contributed by atoms with van der Waals surface area (Å²) in [5.74, 6) is 1.18. The highest BCUT2D eigenvalue weighted by Gasteiger charge is 2.09. The lowest BCUT2D eigenvalue weighted by Crippen LogP contribution is -2.22. The molecule has 0 aliphatic heterocycles. The van der Waals surface area contributed by atoms with E-state index >= 15 is 0 Å². The zero-order valence-electron chi connectivity index (χ0n) is 12.5. The fourth-order valence-corrected chi connectivity index (χ4v) is 2.07. The Labute approximate surface area is 133 Å². The quantitative estimate of drug-likeness (QED) is 0.784. The van der Waals surface area contributed by atoms with E-state index in [2.05, 4.69) is 15.5 Å². The van der Waals surface area contributed by atoms with E-state index in [-0.39, 0.29) is 12.5 Å². The lowest BCUT2D eigenvalue weighted by molar-refractivity contribution is 0.0947. The number of benzene rings is 1. The number of aromatic nitrogens is 2. The molecule has 23 heavy (non-hydrogen) atoms. The van der Waals surface area contributed by atoms with Gasteiger partial charge in [0.2, 0.25) is 0 Å². The summed E-state index contributed by atoms with van der Waals surface area (Å²) in [5, 5.41) is 6.79. The Kier molecular flexibility index (Phi) is 4.33. The zero-order chi connectivity index (χ0) is 16.1. The number of ether oxygens (including phenoxy) is 1. The summed E-state index contributed by atoms with van der Waals surface area (Å²) >= 11 is 0. The molecule has 0 saturated heterocycles.